The molecule has 0 heterocycles. The Bertz CT molecular complexity index is 1030. The molecular weight excluding hydrogens is 436 g/mol. The summed E-state index contributed by atoms with van der Waals surface area (Å²) in [7, 11) is 0. The maximum Gasteiger partial charge on any atom is 0.407 e. The highest BCUT2D eigenvalue weighted by molar-refractivity contribution is 5.83. The van der Waals surface area contributed by atoms with Crippen molar-refractivity contribution in [1.82, 2.24) is 10.6 Å². The second kappa shape index (κ2) is 10.9. The van der Waals surface area contributed by atoms with Gasteiger partial charge in [-0.1, -0.05) is 54.6 Å². The van der Waals surface area contributed by atoms with E-state index < -0.39 is 29.8 Å². The van der Waals surface area contributed by atoms with Gasteiger partial charge in [-0.25, -0.2) is 14.4 Å². The number of ether oxygens (including phenoxy) is 3. The standard InChI is InChI=1S/C26H30N2O6/c1-5-14-32-23(29)22(15-27-24(30)34-26(2,3)4)28-25(31)33-16-21-19-12-8-6-10-17(19)18-11-7-9-13-20(18)21/h5-14,21-22H,15-16H2,1-4H3,(H,27,30)(H,28,31)/b14-5+/t22-/m0/s1. The van der Waals surface area contributed by atoms with E-state index in [1.54, 1.807) is 27.7 Å². The van der Waals surface area contributed by atoms with Crippen LogP contribution < -0.4 is 10.6 Å². The molecule has 2 amide bonds. The molecule has 1 atom stereocenters. The molecule has 0 bridgehead atoms. The Balaban J connectivity index is 1.64. The van der Waals surface area contributed by atoms with Gasteiger partial charge in [-0.3, -0.25) is 0 Å². The van der Waals surface area contributed by atoms with E-state index in [9.17, 15) is 14.4 Å². The SMILES string of the molecule is C/C=C/OC(=O)[C@H](CNC(=O)OC(C)(C)C)NC(=O)OCC1c2ccccc2-c2ccccc21. The third-order valence-electron chi connectivity index (χ3n) is 5.09. The molecule has 180 valence electrons. The van der Waals surface area contributed by atoms with E-state index in [0.717, 1.165) is 22.3 Å². The molecule has 1 aliphatic rings. The Labute approximate surface area is 199 Å². The van der Waals surface area contributed by atoms with Gasteiger partial charge in [-0.15, -0.1) is 0 Å². The number of esters is 1. The molecule has 34 heavy (non-hydrogen) atoms. The first kappa shape index (κ1) is 24.8. The molecule has 8 heteroatoms. The normalized spacial score (nSPS) is 13.5. The summed E-state index contributed by atoms with van der Waals surface area (Å²) in [4.78, 5) is 36.9. The topological polar surface area (TPSA) is 103 Å². The van der Waals surface area contributed by atoms with Crippen LogP contribution in [-0.2, 0) is 19.0 Å². The van der Waals surface area contributed by atoms with Crippen molar-refractivity contribution in [2.75, 3.05) is 13.2 Å². The summed E-state index contributed by atoms with van der Waals surface area (Å²) < 4.78 is 15.6. The van der Waals surface area contributed by atoms with E-state index in [4.69, 9.17) is 14.2 Å². The van der Waals surface area contributed by atoms with E-state index in [2.05, 4.69) is 10.6 Å². The number of fused-ring (bicyclic) bond motifs is 3. The predicted octanol–water partition coefficient (Wildman–Crippen LogP) is 4.50. The molecule has 2 aromatic carbocycles. The fourth-order valence-corrected chi connectivity index (χ4v) is 3.69. The van der Waals surface area contributed by atoms with Gasteiger partial charge in [-0.2, -0.15) is 0 Å². The van der Waals surface area contributed by atoms with E-state index in [-0.39, 0.29) is 19.1 Å². The lowest BCUT2D eigenvalue weighted by atomic mass is 9.98. The van der Waals surface area contributed by atoms with Crippen LogP contribution in [0.25, 0.3) is 11.1 Å². The molecule has 0 aliphatic heterocycles. The van der Waals surface area contributed by atoms with Gasteiger partial charge in [0.1, 0.15) is 18.2 Å². The highest BCUT2D eigenvalue weighted by atomic mass is 16.6. The molecule has 0 unspecified atom stereocenters. The van der Waals surface area contributed by atoms with Gasteiger partial charge in [0.15, 0.2) is 0 Å². The van der Waals surface area contributed by atoms with Crippen LogP contribution in [0.5, 0.6) is 0 Å². The maximum absolute atomic E-state index is 12.6. The van der Waals surface area contributed by atoms with Crippen LogP contribution in [0.15, 0.2) is 60.9 Å². The zero-order valence-corrected chi connectivity index (χ0v) is 19.8. The van der Waals surface area contributed by atoms with E-state index in [0.29, 0.717) is 0 Å². The fraction of sp³-hybridized carbons (Fsp3) is 0.346. The summed E-state index contributed by atoms with van der Waals surface area (Å²) in [5.41, 5.74) is 3.67. The van der Waals surface area contributed by atoms with Crippen LogP contribution in [0.1, 0.15) is 44.7 Å². The van der Waals surface area contributed by atoms with Crippen molar-refractivity contribution in [1.29, 1.82) is 0 Å². The number of benzene rings is 2. The number of nitrogens with one attached hydrogen (secondary N) is 2. The second-order valence-electron chi connectivity index (χ2n) is 8.81. The predicted molar refractivity (Wildman–Crippen MR) is 127 cm³/mol. The molecule has 1 aliphatic carbocycles. The van der Waals surface area contributed by atoms with Gasteiger partial charge in [0.25, 0.3) is 0 Å². The van der Waals surface area contributed by atoms with E-state index in [1.165, 1.54) is 12.3 Å². The maximum atomic E-state index is 12.6. The van der Waals surface area contributed by atoms with Gasteiger partial charge in [-0.05, 0) is 49.9 Å². The quantitative estimate of drug-likeness (QED) is 0.354. The molecular formula is C26H30N2O6. The van der Waals surface area contributed by atoms with Gasteiger partial charge in [0.2, 0.25) is 0 Å². The van der Waals surface area contributed by atoms with Crippen LogP contribution in [0.3, 0.4) is 0 Å². The molecule has 2 N–H and O–H groups in total. The third kappa shape index (κ3) is 6.37. The van der Waals surface area contributed by atoms with Crippen LogP contribution in [0, 0.1) is 0 Å². The van der Waals surface area contributed by atoms with Gasteiger partial charge in [0, 0.05) is 5.92 Å². The van der Waals surface area contributed by atoms with Crippen molar-refractivity contribution in [3.05, 3.63) is 72.0 Å². The highest BCUT2D eigenvalue weighted by Crippen LogP contribution is 2.44. The van der Waals surface area contributed by atoms with Crippen molar-refractivity contribution < 1.29 is 28.6 Å². The molecule has 0 saturated heterocycles. The average molecular weight is 467 g/mol. The summed E-state index contributed by atoms with van der Waals surface area (Å²) in [6.45, 7) is 6.71. The molecule has 0 spiro atoms. The second-order valence-corrected chi connectivity index (χ2v) is 8.81. The first-order valence-corrected chi connectivity index (χ1v) is 11.1. The Morgan fingerprint density at radius 3 is 2.12 bits per heavy atom. The first-order chi connectivity index (χ1) is 16.2. The van der Waals surface area contributed by atoms with Crippen LogP contribution >= 0.6 is 0 Å². The number of carbonyl (C=O) groups excluding carboxylic acids is 3. The Hall–Kier alpha value is -3.81. The minimum Gasteiger partial charge on any atom is -0.449 e. The van der Waals surface area contributed by atoms with Crippen molar-refractivity contribution in [3.63, 3.8) is 0 Å². The zero-order chi connectivity index (χ0) is 24.7. The average Bonchev–Trinajstić information content (AvgIpc) is 3.11. The summed E-state index contributed by atoms with van der Waals surface area (Å²) >= 11 is 0. The molecule has 0 fully saturated rings. The monoisotopic (exact) mass is 466 g/mol. The van der Waals surface area contributed by atoms with Crippen molar-refractivity contribution in [3.8, 4) is 11.1 Å². The Morgan fingerprint density at radius 2 is 1.56 bits per heavy atom. The summed E-state index contributed by atoms with van der Waals surface area (Å²) in [5.74, 6) is -0.867. The summed E-state index contributed by atoms with van der Waals surface area (Å²) in [6.07, 6.45) is 1.21. The third-order valence-corrected chi connectivity index (χ3v) is 5.09. The Kier molecular flexibility index (Phi) is 7.94. The van der Waals surface area contributed by atoms with Gasteiger partial charge >= 0.3 is 18.2 Å². The number of amides is 2. The van der Waals surface area contributed by atoms with E-state index >= 15 is 0 Å². The van der Waals surface area contributed by atoms with Crippen LogP contribution in [-0.4, -0.2) is 43.0 Å². The Morgan fingerprint density at radius 1 is 0.971 bits per heavy atom. The number of hydrogen-bond acceptors (Lipinski definition) is 6. The van der Waals surface area contributed by atoms with Crippen molar-refractivity contribution >= 4 is 18.2 Å². The molecule has 0 aromatic heterocycles. The number of rotatable bonds is 7. The lowest BCUT2D eigenvalue weighted by molar-refractivity contribution is -0.140. The summed E-state index contributed by atoms with van der Waals surface area (Å²) in [6, 6.07) is 14.8. The largest absolute Gasteiger partial charge is 0.449 e. The van der Waals surface area contributed by atoms with Crippen molar-refractivity contribution in [2.45, 2.75) is 45.3 Å². The molecule has 0 radical (unpaired) electrons. The smallest absolute Gasteiger partial charge is 0.407 e. The lowest BCUT2D eigenvalue weighted by Crippen LogP contribution is -2.49. The van der Waals surface area contributed by atoms with Crippen molar-refractivity contribution in [2.24, 2.45) is 0 Å². The number of hydrogen-bond donors (Lipinski definition) is 2. The van der Waals surface area contributed by atoms with Gasteiger partial charge < -0.3 is 24.8 Å². The molecule has 2 aromatic rings. The minimum atomic E-state index is -1.17. The van der Waals surface area contributed by atoms with Crippen LogP contribution in [0.2, 0.25) is 0 Å². The van der Waals surface area contributed by atoms with Gasteiger partial charge in [0.05, 0.1) is 12.8 Å². The lowest BCUT2D eigenvalue weighted by Gasteiger charge is -2.22. The number of allylic oxidation sites excluding steroid dienone is 1. The number of carbonyl (C=O) groups is 3. The fourth-order valence-electron chi connectivity index (χ4n) is 3.69. The molecule has 3 rings (SSSR count). The number of alkyl carbamates (subject to hydrolysis) is 2. The first-order valence-electron chi connectivity index (χ1n) is 11.1. The summed E-state index contributed by atoms with van der Waals surface area (Å²) in [5, 5.41) is 4.94. The minimum absolute atomic E-state index is 0.0932. The van der Waals surface area contributed by atoms with Crippen LogP contribution in [0.4, 0.5) is 9.59 Å². The molecule has 0 saturated carbocycles. The van der Waals surface area contributed by atoms with E-state index in [1.807, 2.05) is 48.5 Å². The molecule has 8 nitrogen and oxygen atoms in total. The zero-order valence-electron chi connectivity index (χ0n) is 19.8. The highest BCUT2D eigenvalue weighted by Gasteiger charge is 2.30.